The van der Waals surface area contributed by atoms with Crippen molar-refractivity contribution in [2.45, 2.75) is 30.2 Å². The average molecular weight is 282 g/mol. The molecule has 2 rings (SSSR count). The van der Waals surface area contributed by atoms with Crippen molar-refractivity contribution in [1.29, 1.82) is 0 Å². The number of rotatable bonds is 0. The van der Waals surface area contributed by atoms with Crippen molar-refractivity contribution in [1.82, 2.24) is 20.2 Å². The molecule has 0 saturated heterocycles. The number of halogens is 8. The number of fused-ring (bicyclic) bond motifs is 1. The van der Waals surface area contributed by atoms with Gasteiger partial charge in [-0.3, -0.25) is 0 Å². The highest BCUT2D eigenvalue weighted by Crippen LogP contribution is 2.56. The highest BCUT2D eigenvalue weighted by molar-refractivity contribution is 5.11. The van der Waals surface area contributed by atoms with Crippen molar-refractivity contribution in [3.63, 3.8) is 0 Å². The maximum atomic E-state index is 13.2. The lowest BCUT2D eigenvalue weighted by atomic mass is 10.0. The van der Waals surface area contributed by atoms with Crippen molar-refractivity contribution < 1.29 is 35.1 Å². The SMILES string of the molecule is FC1(F)CC(F)(F)C(F)(F)C(F)(F)c2nnnn21. The maximum absolute atomic E-state index is 13.2. The van der Waals surface area contributed by atoms with E-state index < -0.39 is 40.7 Å². The maximum Gasteiger partial charge on any atom is 0.379 e. The summed E-state index contributed by atoms with van der Waals surface area (Å²) in [6, 6.07) is -4.76. The molecule has 1 aromatic heterocycles. The van der Waals surface area contributed by atoms with Crippen LogP contribution in [0.2, 0.25) is 0 Å². The van der Waals surface area contributed by atoms with Crippen LogP contribution in [0.3, 0.4) is 0 Å². The summed E-state index contributed by atoms with van der Waals surface area (Å²) in [6.07, 6.45) is -2.83. The van der Waals surface area contributed by atoms with Crippen molar-refractivity contribution in [2.75, 3.05) is 0 Å². The first kappa shape index (κ1) is 13.0. The Hall–Kier alpha value is -1.49. The molecule has 4 nitrogen and oxygen atoms in total. The lowest BCUT2D eigenvalue weighted by Gasteiger charge is -2.29. The van der Waals surface area contributed by atoms with Crippen LogP contribution >= 0.6 is 0 Å². The molecule has 18 heavy (non-hydrogen) atoms. The first-order valence-electron chi connectivity index (χ1n) is 4.24. The smallest absolute Gasteiger partial charge is 0.199 e. The summed E-state index contributed by atoms with van der Waals surface area (Å²) >= 11 is 0. The zero-order valence-corrected chi connectivity index (χ0v) is 8.02. The average Bonchev–Trinajstić information content (AvgIpc) is 2.62. The number of tetrazole rings is 1. The van der Waals surface area contributed by atoms with Gasteiger partial charge in [0.2, 0.25) is 5.82 Å². The molecule has 0 saturated carbocycles. The van der Waals surface area contributed by atoms with E-state index in [1.54, 1.807) is 0 Å². The Kier molecular flexibility index (Phi) is 2.22. The Morgan fingerprint density at radius 2 is 1.50 bits per heavy atom. The molecule has 0 spiro atoms. The lowest BCUT2D eigenvalue weighted by Crippen LogP contribution is -2.52. The third-order valence-electron chi connectivity index (χ3n) is 2.35. The molecule has 0 amide bonds. The van der Waals surface area contributed by atoms with E-state index in [0.29, 0.717) is 0 Å². The number of alkyl halides is 8. The van der Waals surface area contributed by atoms with Crippen LogP contribution in [0.4, 0.5) is 35.1 Å². The second-order valence-corrected chi connectivity index (χ2v) is 3.61. The standard InChI is InChI=1S/C6H2F8N4/c7-3(8)1-4(9,10)18-2(15-16-17-18)5(11,12)6(3,13)14/h1H2. The van der Waals surface area contributed by atoms with Crippen LogP contribution in [0.5, 0.6) is 0 Å². The van der Waals surface area contributed by atoms with Gasteiger partial charge >= 0.3 is 23.8 Å². The fourth-order valence-electron chi connectivity index (χ4n) is 1.43. The van der Waals surface area contributed by atoms with Gasteiger partial charge in [0.15, 0.2) is 0 Å². The highest BCUT2D eigenvalue weighted by atomic mass is 19.3. The molecule has 0 bridgehead atoms. The topological polar surface area (TPSA) is 43.6 Å². The molecular formula is C6H2F8N4. The molecule has 0 fully saturated rings. The van der Waals surface area contributed by atoms with E-state index in [2.05, 4.69) is 15.5 Å². The summed E-state index contributed by atoms with van der Waals surface area (Å²) in [5.41, 5.74) is 0. The van der Waals surface area contributed by atoms with E-state index >= 15 is 0 Å². The van der Waals surface area contributed by atoms with Gasteiger partial charge in [0.05, 0.1) is 0 Å². The summed E-state index contributed by atoms with van der Waals surface area (Å²) in [6.45, 7) is 0. The van der Waals surface area contributed by atoms with Crippen LogP contribution in [0.15, 0.2) is 0 Å². The number of nitrogens with zero attached hydrogens (tertiary/aromatic N) is 4. The number of hydrogen-bond donors (Lipinski definition) is 0. The monoisotopic (exact) mass is 282 g/mol. The van der Waals surface area contributed by atoms with Crippen molar-refractivity contribution in [3.05, 3.63) is 5.82 Å². The second kappa shape index (κ2) is 3.09. The third kappa shape index (κ3) is 1.34. The highest BCUT2D eigenvalue weighted by Gasteiger charge is 2.78. The summed E-state index contributed by atoms with van der Waals surface area (Å²) < 4.78 is 103. The summed E-state index contributed by atoms with van der Waals surface area (Å²) in [5, 5.41) is 7.01. The predicted molar refractivity (Wildman–Crippen MR) is 36.4 cm³/mol. The number of hydrogen-bond acceptors (Lipinski definition) is 3. The van der Waals surface area contributed by atoms with E-state index in [9.17, 15) is 35.1 Å². The van der Waals surface area contributed by atoms with Gasteiger partial charge in [-0.15, -0.1) is 5.10 Å². The van der Waals surface area contributed by atoms with Crippen molar-refractivity contribution >= 4 is 0 Å². The van der Waals surface area contributed by atoms with Gasteiger partial charge in [-0.05, 0) is 10.4 Å². The van der Waals surface area contributed by atoms with Gasteiger partial charge in [-0.25, -0.2) is 0 Å². The molecular weight excluding hydrogens is 280 g/mol. The number of aromatic nitrogens is 4. The molecule has 0 N–H and O–H groups in total. The molecule has 102 valence electrons. The van der Waals surface area contributed by atoms with Crippen molar-refractivity contribution in [2.24, 2.45) is 0 Å². The first-order valence-corrected chi connectivity index (χ1v) is 4.24. The van der Waals surface area contributed by atoms with Crippen LogP contribution in [-0.2, 0) is 12.0 Å². The molecule has 0 radical (unpaired) electrons. The molecule has 12 heteroatoms. The normalized spacial score (nSPS) is 27.3. The van der Waals surface area contributed by atoms with E-state index in [1.165, 1.54) is 0 Å². The Morgan fingerprint density at radius 3 is 2.06 bits per heavy atom. The fraction of sp³-hybridized carbons (Fsp3) is 0.833. The molecule has 1 aromatic rings. The third-order valence-corrected chi connectivity index (χ3v) is 2.35. The van der Waals surface area contributed by atoms with Crippen molar-refractivity contribution in [3.8, 4) is 0 Å². The quantitative estimate of drug-likeness (QED) is 0.683. The molecule has 0 atom stereocenters. The van der Waals surface area contributed by atoms with E-state index in [0.717, 1.165) is 0 Å². The van der Waals surface area contributed by atoms with Gasteiger partial charge in [0.25, 0.3) is 0 Å². The minimum atomic E-state index is -6.04. The van der Waals surface area contributed by atoms with Crippen LogP contribution in [0, 0.1) is 0 Å². The lowest BCUT2D eigenvalue weighted by molar-refractivity contribution is -0.323. The Morgan fingerprint density at radius 1 is 0.944 bits per heavy atom. The molecule has 0 aromatic carbocycles. The summed E-state index contributed by atoms with van der Waals surface area (Å²) in [5.74, 6) is -19.6. The second-order valence-electron chi connectivity index (χ2n) is 3.61. The Labute approximate surface area is 92.6 Å². The Balaban J connectivity index is 2.75. The van der Waals surface area contributed by atoms with E-state index in [4.69, 9.17) is 0 Å². The summed E-state index contributed by atoms with van der Waals surface area (Å²) in [4.78, 5) is 0. The minimum absolute atomic E-state index is 1.01. The fourth-order valence-corrected chi connectivity index (χ4v) is 1.43. The zero-order valence-electron chi connectivity index (χ0n) is 8.02. The summed E-state index contributed by atoms with van der Waals surface area (Å²) in [7, 11) is 0. The first-order chi connectivity index (χ1) is 7.93. The van der Waals surface area contributed by atoms with E-state index in [-0.39, 0.29) is 0 Å². The molecule has 1 aliphatic rings. The van der Waals surface area contributed by atoms with Gasteiger partial charge in [0, 0.05) is 0 Å². The minimum Gasteiger partial charge on any atom is -0.199 e. The van der Waals surface area contributed by atoms with Crippen LogP contribution in [-0.4, -0.2) is 32.1 Å². The zero-order chi connectivity index (χ0) is 14.0. The van der Waals surface area contributed by atoms with Crippen LogP contribution in [0.1, 0.15) is 12.2 Å². The Bertz CT molecular complexity index is 480. The van der Waals surface area contributed by atoms with Gasteiger partial charge in [-0.1, -0.05) is 0 Å². The molecule has 0 aliphatic carbocycles. The van der Waals surface area contributed by atoms with Crippen LogP contribution in [0.25, 0.3) is 0 Å². The largest absolute Gasteiger partial charge is 0.379 e. The van der Waals surface area contributed by atoms with Crippen LogP contribution < -0.4 is 0 Å². The molecule has 2 heterocycles. The predicted octanol–water partition coefficient (Wildman–Crippen LogP) is 1.99. The molecule has 0 unspecified atom stereocenters. The van der Waals surface area contributed by atoms with E-state index in [1.807, 2.05) is 0 Å². The molecule has 1 aliphatic heterocycles. The van der Waals surface area contributed by atoms with Gasteiger partial charge in [0.1, 0.15) is 6.42 Å². The van der Waals surface area contributed by atoms with Gasteiger partial charge in [-0.2, -0.15) is 39.8 Å². The van der Waals surface area contributed by atoms with Gasteiger partial charge < -0.3 is 0 Å².